The third-order valence-corrected chi connectivity index (χ3v) is 2.57. The Kier molecular flexibility index (Phi) is 2.46. The zero-order valence-corrected chi connectivity index (χ0v) is 8.76. The number of benzene rings is 1. The summed E-state index contributed by atoms with van der Waals surface area (Å²) in [6.45, 7) is 0. The fourth-order valence-corrected chi connectivity index (χ4v) is 1.90. The molecule has 0 saturated carbocycles. The molecule has 0 radical (unpaired) electrons. The van der Waals surface area contributed by atoms with Gasteiger partial charge >= 0.3 is 6.16 Å². The average Bonchev–Trinajstić information content (AvgIpc) is 2.53. The molecule has 0 aliphatic heterocycles. The number of H-pyrrole nitrogens is 1. The second kappa shape index (κ2) is 3.64. The molecular formula is C9H5Cl2NO3. The van der Waals surface area contributed by atoms with Gasteiger partial charge in [0.15, 0.2) is 5.75 Å². The highest BCUT2D eigenvalue weighted by Gasteiger charge is 2.13. The first-order chi connectivity index (χ1) is 7.09. The lowest BCUT2D eigenvalue weighted by atomic mass is 10.2. The molecule has 0 bridgehead atoms. The molecule has 1 heterocycles. The number of fused-ring (bicyclic) bond motifs is 1. The highest BCUT2D eigenvalue weighted by Crippen LogP contribution is 2.36. The van der Waals surface area contributed by atoms with Crippen molar-refractivity contribution < 1.29 is 14.6 Å². The lowest BCUT2D eigenvalue weighted by Crippen LogP contribution is -2.03. The minimum atomic E-state index is -1.41. The van der Waals surface area contributed by atoms with Crippen molar-refractivity contribution in [1.82, 2.24) is 4.98 Å². The highest BCUT2D eigenvalue weighted by molar-refractivity contribution is 6.43. The molecule has 0 spiro atoms. The average molecular weight is 246 g/mol. The third-order valence-electron chi connectivity index (χ3n) is 1.90. The van der Waals surface area contributed by atoms with Crippen molar-refractivity contribution in [2.24, 2.45) is 0 Å². The molecule has 78 valence electrons. The van der Waals surface area contributed by atoms with Crippen LogP contribution < -0.4 is 4.74 Å². The van der Waals surface area contributed by atoms with Gasteiger partial charge in [0.2, 0.25) is 0 Å². The van der Waals surface area contributed by atoms with Crippen LogP contribution in [0.2, 0.25) is 10.0 Å². The van der Waals surface area contributed by atoms with Gasteiger partial charge in [0, 0.05) is 17.1 Å². The molecule has 0 aliphatic carbocycles. The number of hydrogen-bond acceptors (Lipinski definition) is 2. The summed E-state index contributed by atoms with van der Waals surface area (Å²) in [6.07, 6.45) is 0.158. The zero-order valence-electron chi connectivity index (χ0n) is 7.25. The van der Waals surface area contributed by atoms with Gasteiger partial charge in [-0.15, -0.1) is 0 Å². The third kappa shape index (κ3) is 1.73. The number of nitrogens with one attached hydrogen (secondary N) is 1. The van der Waals surface area contributed by atoms with Crippen LogP contribution in [0.3, 0.4) is 0 Å². The Bertz CT molecular complexity index is 535. The van der Waals surface area contributed by atoms with Crippen LogP contribution in [0.4, 0.5) is 4.79 Å². The quantitative estimate of drug-likeness (QED) is 0.597. The predicted molar refractivity (Wildman–Crippen MR) is 57.0 cm³/mol. The van der Waals surface area contributed by atoms with E-state index in [0.717, 1.165) is 5.52 Å². The van der Waals surface area contributed by atoms with E-state index in [-0.39, 0.29) is 10.8 Å². The molecule has 15 heavy (non-hydrogen) atoms. The summed E-state index contributed by atoms with van der Waals surface area (Å²) in [7, 11) is 0. The van der Waals surface area contributed by atoms with Crippen LogP contribution in [0.1, 0.15) is 0 Å². The maximum Gasteiger partial charge on any atom is 0.511 e. The molecule has 6 heteroatoms. The summed E-state index contributed by atoms with van der Waals surface area (Å²) in [5.74, 6) is 0.0677. The summed E-state index contributed by atoms with van der Waals surface area (Å²) < 4.78 is 4.49. The molecule has 0 unspecified atom stereocenters. The topological polar surface area (TPSA) is 62.3 Å². The van der Waals surface area contributed by atoms with Crippen molar-refractivity contribution in [3.63, 3.8) is 0 Å². The van der Waals surface area contributed by atoms with Gasteiger partial charge in [0.1, 0.15) is 0 Å². The van der Waals surface area contributed by atoms with Crippen molar-refractivity contribution >= 4 is 40.3 Å². The molecule has 4 nitrogen and oxygen atoms in total. The maximum absolute atomic E-state index is 10.4. The van der Waals surface area contributed by atoms with E-state index in [4.69, 9.17) is 28.3 Å². The second-order valence-electron chi connectivity index (χ2n) is 2.80. The number of aromatic nitrogens is 1. The Hall–Kier alpha value is -1.39. The summed E-state index contributed by atoms with van der Waals surface area (Å²) >= 11 is 11.8. The summed E-state index contributed by atoms with van der Waals surface area (Å²) in [5, 5.41) is 9.62. The number of hydrogen-bond donors (Lipinski definition) is 2. The standard InChI is InChI=1S/C9H5Cl2NO3/c10-4-3-12-5-1-2-6(15-9(13)14)8(11)7(4)5/h1-3,12H,(H,13,14). The Morgan fingerprint density at radius 2 is 2.13 bits per heavy atom. The number of carboxylic acid groups (broad SMARTS) is 1. The molecule has 2 rings (SSSR count). The SMILES string of the molecule is O=C(O)Oc1ccc2[nH]cc(Cl)c2c1Cl. The Balaban J connectivity index is 2.63. The van der Waals surface area contributed by atoms with Gasteiger partial charge in [-0.25, -0.2) is 4.79 Å². The van der Waals surface area contributed by atoms with Gasteiger partial charge in [-0.05, 0) is 12.1 Å². The van der Waals surface area contributed by atoms with Gasteiger partial charge < -0.3 is 14.8 Å². The number of aromatic amines is 1. The fraction of sp³-hybridized carbons (Fsp3) is 0. The summed E-state index contributed by atoms with van der Waals surface area (Å²) in [5.41, 5.74) is 0.725. The van der Waals surface area contributed by atoms with E-state index in [1.807, 2.05) is 0 Å². The molecule has 0 saturated heterocycles. The number of ether oxygens (including phenoxy) is 1. The van der Waals surface area contributed by atoms with Crippen LogP contribution in [0.5, 0.6) is 5.75 Å². The van der Waals surface area contributed by atoms with Crippen molar-refractivity contribution in [2.75, 3.05) is 0 Å². The first-order valence-electron chi connectivity index (χ1n) is 3.95. The molecule has 0 aliphatic rings. The van der Waals surface area contributed by atoms with E-state index in [0.29, 0.717) is 10.4 Å². The number of rotatable bonds is 1. The van der Waals surface area contributed by atoms with Crippen LogP contribution in [0.25, 0.3) is 10.9 Å². The van der Waals surface area contributed by atoms with Crippen LogP contribution in [-0.2, 0) is 0 Å². The monoisotopic (exact) mass is 245 g/mol. The molecule has 2 aromatic rings. The van der Waals surface area contributed by atoms with Crippen LogP contribution in [0.15, 0.2) is 18.3 Å². The molecule has 0 fully saturated rings. The molecule has 1 aromatic carbocycles. The Labute approximate surface area is 94.4 Å². The minimum absolute atomic E-state index is 0.0677. The normalized spacial score (nSPS) is 10.5. The van der Waals surface area contributed by atoms with E-state index in [2.05, 4.69) is 9.72 Å². The Morgan fingerprint density at radius 1 is 1.40 bits per heavy atom. The van der Waals surface area contributed by atoms with Gasteiger partial charge in [-0.1, -0.05) is 23.2 Å². The molecule has 0 atom stereocenters. The minimum Gasteiger partial charge on any atom is -0.449 e. The van der Waals surface area contributed by atoms with Crippen molar-refractivity contribution in [2.45, 2.75) is 0 Å². The van der Waals surface area contributed by atoms with E-state index in [9.17, 15) is 4.79 Å². The van der Waals surface area contributed by atoms with Crippen molar-refractivity contribution in [3.05, 3.63) is 28.4 Å². The predicted octanol–water partition coefficient (Wildman–Crippen LogP) is 3.53. The Morgan fingerprint density at radius 3 is 2.80 bits per heavy atom. The van der Waals surface area contributed by atoms with Crippen molar-refractivity contribution in [1.29, 1.82) is 0 Å². The summed E-state index contributed by atoms with van der Waals surface area (Å²) in [4.78, 5) is 13.2. The second-order valence-corrected chi connectivity index (χ2v) is 3.59. The van der Waals surface area contributed by atoms with E-state index < -0.39 is 6.16 Å². The van der Waals surface area contributed by atoms with E-state index in [1.54, 1.807) is 12.3 Å². The van der Waals surface area contributed by atoms with Crippen LogP contribution >= 0.6 is 23.2 Å². The lowest BCUT2D eigenvalue weighted by Gasteiger charge is -2.03. The maximum atomic E-state index is 10.4. The fourth-order valence-electron chi connectivity index (χ4n) is 1.30. The van der Waals surface area contributed by atoms with Gasteiger partial charge in [0.05, 0.1) is 10.0 Å². The first-order valence-corrected chi connectivity index (χ1v) is 4.71. The van der Waals surface area contributed by atoms with E-state index >= 15 is 0 Å². The van der Waals surface area contributed by atoms with Crippen molar-refractivity contribution in [3.8, 4) is 5.75 Å². The number of carbonyl (C=O) groups is 1. The molecule has 1 aromatic heterocycles. The highest BCUT2D eigenvalue weighted by atomic mass is 35.5. The van der Waals surface area contributed by atoms with Crippen LogP contribution in [-0.4, -0.2) is 16.2 Å². The zero-order chi connectivity index (χ0) is 11.0. The molecule has 2 N–H and O–H groups in total. The largest absolute Gasteiger partial charge is 0.511 e. The molecular weight excluding hydrogens is 241 g/mol. The summed E-state index contributed by atoms with van der Waals surface area (Å²) in [6, 6.07) is 3.11. The molecule has 0 amide bonds. The van der Waals surface area contributed by atoms with E-state index in [1.165, 1.54) is 6.07 Å². The first kappa shape index (κ1) is 10.1. The smallest absolute Gasteiger partial charge is 0.449 e. The van der Waals surface area contributed by atoms with Gasteiger partial charge in [-0.2, -0.15) is 0 Å². The van der Waals surface area contributed by atoms with Crippen LogP contribution in [0, 0.1) is 0 Å². The number of halogens is 2. The van der Waals surface area contributed by atoms with Gasteiger partial charge in [0.25, 0.3) is 0 Å². The lowest BCUT2D eigenvalue weighted by molar-refractivity contribution is 0.144. The van der Waals surface area contributed by atoms with Gasteiger partial charge in [-0.3, -0.25) is 0 Å².